The third-order valence-corrected chi connectivity index (χ3v) is 5.65. The third-order valence-electron chi connectivity index (χ3n) is 5.65. The molecule has 31 heavy (non-hydrogen) atoms. The van der Waals surface area contributed by atoms with E-state index in [4.69, 9.17) is 4.74 Å². The van der Waals surface area contributed by atoms with Crippen LogP contribution in [0.25, 0.3) is 16.8 Å². The Balaban J connectivity index is 1.30. The third kappa shape index (κ3) is 3.53. The molecule has 0 bridgehead atoms. The number of ether oxygens (including phenoxy) is 1. The van der Waals surface area contributed by atoms with Gasteiger partial charge in [0.2, 0.25) is 0 Å². The minimum atomic E-state index is -0.251. The van der Waals surface area contributed by atoms with E-state index < -0.39 is 0 Å². The normalized spacial score (nSPS) is 12.2. The van der Waals surface area contributed by atoms with E-state index in [0.29, 0.717) is 18.0 Å². The number of anilines is 1. The van der Waals surface area contributed by atoms with E-state index in [2.05, 4.69) is 52.0 Å². The highest BCUT2D eigenvalue weighted by atomic mass is 16.5. The molecule has 3 aromatic carbocycles. The van der Waals surface area contributed by atoms with Gasteiger partial charge < -0.3 is 19.9 Å². The number of urea groups is 1. The Kier molecular flexibility index (Phi) is 4.88. The van der Waals surface area contributed by atoms with E-state index in [1.54, 1.807) is 25.7 Å². The molecular weight excluding hydrogens is 388 g/mol. The van der Waals surface area contributed by atoms with E-state index in [1.165, 1.54) is 22.3 Å². The average molecular weight is 410 g/mol. The van der Waals surface area contributed by atoms with E-state index in [9.17, 15) is 4.79 Å². The number of carbonyl (C=O) groups is 1. The number of aromatic nitrogens is 2. The molecule has 0 unspecified atom stereocenters. The zero-order chi connectivity index (χ0) is 21.2. The van der Waals surface area contributed by atoms with Gasteiger partial charge in [-0.15, -0.1) is 0 Å². The second kappa shape index (κ2) is 7.99. The van der Waals surface area contributed by atoms with Crippen LogP contribution in [-0.4, -0.2) is 29.2 Å². The van der Waals surface area contributed by atoms with Crippen LogP contribution in [0.15, 0.2) is 85.5 Å². The molecule has 1 aromatic heterocycles. The number of methoxy groups -OCH3 is 1. The Morgan fingerprint density at radius 3 is 2.39 bits per heavy atom. The van der Waals surface area contributed by atoms with Crippen molar-refractivity contribution in [1.82, 2.24) is 14.9 Å². The Hall–Kier alpha value is -4.06. The Bertz CT molecular complexity index is 1190. The number of fused-ring (bicyclic) bond motifs is 3. The lowest BCUT2D eigenvalue weighted by atomic mass is 9.97. The maximum Gasteiger partial charge on any atom is 0.319 e. The minimum absolute atomic E-state index is 0.135. The predicted molar refractivity (Wildman–Crippen MR) is 121 cm³/mol. The minimum Gasteiger partial charge on any atom is -0.494 e. The smallest absolute Gasteiger partial charge is 0.319 e. The number of nitrogens with one attached hydrogen (secondary N) is 2. The van der Waals surface area contributed by atoms with Crippen molar-refractivity contribution in [1.29, 1.82) is 0 Å². The topological polar surface area (TPSA) is 68.2 Å². The van der Waals surface area contributed by atoms with Crippen LogP contribution in [0.2, 0.25) is 0 Å². The van der Waals surface area contributed by atoms with Crippen molar-refractivity contribution in [2.45, 2.75) is 5.92 Å². The maximum atomic E-state index is 12.6. The molecule has 0 aliphatic heterocycles. The van der Waals surface area contributed by atoms with E-state index in [0.717, 1.165) is 5.69 Å². The number of hydrogen-bond donors (Lipinski definition) is 2. The van der Waals surface area contributed by atoms with E-state index >= 15 is 0 Å². The van der Waals surface area contributed by atoms with Crippen molar-refractivity contribution < 1.29 is 9.53 Å². The summed E-state index contributed by atoms with van der Waals surface area (Å²) in [6.07, 6.45) is 5.25. The number of benzene rings is 3. The number of carbonyl (C=O) groups excluding carboxylic acids is 1. The van der Waals surface area contributed by atoms with Crippen LogP contribution < -0.4 is 15.4 Å². The van der Waals surface area contributed by atoms with Crippen molar-refractivity contribution in [3.05, 3.63) is 96.6 Å². The maximum absolute atomic E-state index is 12.6. The molecule has 2 N–H and O–H groups in total. The molecule has 0 saturated heterocycles. The van der Waals surface area contributed by atoms with Gasteiger partial charge in [0.25, 0.3) is 0 Å². The average Bonchev–Trinajstić information content (AvgIpc) is 3.44. The second-order valence-electron chi connectivity index (χ2n) is 7.42. The van der Waals surface area contributed by atoms with Crippen LogP contribution >= 0.6 is 0 Å². The van der Waals surface area contributed by atoms with Crippen LogP contribution in [0.4, 0.5) is 10.5 Å². The number of imidazole rings is 1. The molecule has 0 fully saturated rings. The van der Waals surface area contributed by atoms with Crippen molar-refractivity contribution in [3.63, 3.8) is 0 Å². The molecule has 1 aliphatic rings. The first-order chi connectivity index (χ1) is 15.2. The zero-order valence-corrected chi connectivity index (χ0v) is 17.1. The monoisotopic (exact) mass is 410 g/mol. The van der Waals surface area contributed by atoms with Gasteiger partial charge in [-0.1, -0.05) is 48.5 Å². The van der Waals surface area contributed by atoms with Gasteiger partial charge in [-0.3, -0.25) is 0 Å². The predicted octanol–water partition coefficient (Wildman–Crippen LogP) is 4.81. The molecule has 0 atom stereocenters. The fraction of sp³-hybridized carbons (Fsp3) is 0.120. The SMILES string of the molecule is COc1cc(NC(=O)NCC2c3ccccc3-c3ccccc32)ccc1-n1ccnc1. The Morgan fingerprint density at radius 1 is 1.03 bits per heavy atom. The number of amides is 2. The summed E-state index contributed by atoms with van der Waals surface area (Å²) in [5.41, 5.74) is 6.48. The van der Waals surface area contributed by atoms with Crippen molar-refractivity contribution in [2.75, 3.05) is 19.0 Å². The summed E-state index contributed by atoms with van der Waals surface area (Å²) in [4.78, 5) is 16.7. The van der Waals surface area contributed by atoms with Crippen molar-refractivity contribution in [3.8, 4) is 22.6 Å². The highest BCUT2D eigenvalue weighted by molar-refractivity contribution is 5.90. The molecule has 1 aliphatic carbocycles. The second-order valence-corrected chi connectivity index (χ2v) is 7.42. The summed E-state index contributed by atoms with van der Waals surface area (Å²) in [5.74, 6) is 0.783. The van der Waals surface area contributed by atoms with Crippen LogP contribution in [0, 0.1) is 0 Å². The van der Waals surface area contributed by atoms with E-state index in [1.807, 2.05) is 35.0 Å². The molecule has 154 valence electrons. The summed E-state index contributed by atoms with van der Waals surface area (Å²) in [7, 11) is 1.61. The van der Waals surface area contributed by atoms with Gasteiger partial charge in [-0.2, -0.15) is 0 Å². The first-order valence-corrected chi connectivity index (χ1v) is 10.1. The molecule has 0 spiro atoms. The zero-order valence-electron chi connectivity index (χ0n) is 17.1. The van der Waals surface area contributed by atoms with Gasteiger partial charge >= 0.3 is 6.03 Å². The summed E-state index contributed by atoms with van der Waals surface area (Å²) in [6, 6.07) is 22.0. The Morgan fingerprint density at radius 2 is 1.74 bits per heavy atom. The van der Waals surface area contributed by atoms with Crippen LogP contribution in [0.5, 0.6) is 5.75 Å². The van der Waals surface area contributed by atoms with E-state index in [-0.39, 0.29) is 11.9 Å². The fourth-order valence-electron chi connectivity index (χ4n) is 4.22. The Labute approximate surface area is 180 Å². The number of rotatable bonds is 5. The summed E-state index contributed by atoms with van der Waals surface area (Å²) < 4.78 is 7.35. The van der Waals surface area contributed by atoms with Crippen LogP contribution in [0.1, 0.15) is 17.0 Å². The molecule has 6 nitrogen and oxygen atoms in total. The van der Waals surface area contributed by atoms with Crippen LogP contribution in [0.3, 0.4) is 0 Å². The fourth-order valence-corrected chi connectivity index (χ4v) is 4.22. The highest BCUT2D eigenvalue weighted by Crippen LogP contribution is 2.44. The molecule has 0 radical (unpaired) electrons. The van der Waals surface area contributed by atoms with Gasteiger partial charge in [-0.25, -0.2) is 9.78 Å². The summed E-state index contributed by atoms with van der Waals surface area (Å²) in [6.45, 7) is 0.518. The van der Waals surface area contributed by atoms with Crippen molar-refractivity contribution in [2.24, 2.45) is 0 Å². The molecule has 4 aromatic rings. The lowest BCUT2D eigenvalue weighted by Crippen LogP contribution is -2.32. The van der Waals surface area contributed by atoms with Gasteiger partial charge in [0.05, 0.1) is 19.1 Å². The van der Waals surface area contributed by atoms with Gasteiger partial charge in [0.15, 0.2) is 0 Å². The van der Waals surface area contributed by atoms with Crippen LogP contribution in [-0.2, 0) is 0 Å². The first-order valence-electron chi connectivity index (χ1n) is 10.1. The number of hydrogen-bond acceptors (Lipinski definition) is 3. The molecule has 0 saturated carbocycles. The van der Waals surface area contributed by atoms with Gasteiger partial charge in [-0.05, 0) is 34.4 Å². The largest absolute Gasteiger partial charge is 0.494 e. The standard InChI is InChI=1S/C25H22N4O2/c1-31-24-14-17(10-11-23(24)29-13-12-26-16-29)28-25(30)27-15-22-20-8-4-2-6-18(20)19-7-3-5-9-21(19)22/h2-14,16,22H,15H2,1H3,(H2,27,28,30). The quantitative estimate of drug-likeness (QED) is 0.496. The lowest BCUT2D eigenvalue weighted by Gasteiger charge is -2.16. The first kappa shape index (κ1) is 18.9. The molecule has 6 heteroatoms. The summed E-state index contributed by atoms with van der Waals surface area (Å²) >= 11 is 0. The van der Waals surface area contributed by atoms with Gasteiger partial charge in [0.1, 0.15) is 5.75 Å². The number of nitrogens with zero attached hydrogens (tertiary/aromatic N) is 2. The molecule has 2 amide bonds. The van der Waals surface area contributed by atoms with Gasteiger partial charge in [0, 0.05) is 36.6 Å². The molecular formula is C25H22N4O2. The van der Waals surface area contributed by atoms with Crippen molar-refractivity contribution >= 4 is 11.7 Å². The summed E-state index contributed by atoms with van der Waals surface area (Å²) in [5, 5.41) is 5.93. The molecule has 1 heterocycles. The highest BCUT2D eigenvalue weighted by Gasteiger charge is 2.28. The lowest BCUT2D eigenvalue weighted by molar-refractivity contribution is 0.252. The molecule has 5 rings (SSSR count).